The van der Waals surface area contributed by atoms with E-state index in [1.54, 1.807) is 48.5 Å². The van der Waals surface area contributed by atoms with E-state index in [4.69, 9.17) is 13.8 Å². The maximum Gasteiger partial charge on any atom is 0.276 e. The van der Waals surface area contributed by atoms with Gasteiger partial charge in [-0.3, -0.25) is 44.0 Å². The largest absolute Gasteiger partial charge is 0.480 e. The number of ether oxygens (including phenoxy) is 1. The summed E-state index contributed by atoms with van der Waals surface area (Å²) in [4.78, 5) is 88.7. The molecule has 11 rings (SSSR count). The van der Waals surface area contributed by atoms with Crippen LogP contribution < -0.4 is 30.1 Å². The minimum atomic E-state index is -2.80. The first-order chi connectivity index (χ1) is 35.3. The van der Waals surface area contributed by atoms with Gasteiger partial charge in [0.05, 0.1) is 40.3 Å². The van der Waals surface area contributed by atoms with E-state index in [1.165, 1.54) is 17.5 Å². The molecular weight excluding hydrogens is 903 g/mol. The summed E-state index contributed by atoms with van der Waals surface area (Å²) in [5, 5.41) is 16.8. The number of pyridine rings is 3. The van der Waals surface area contributed by atoms with Crippen molar-refractivity contribution in [2.75, 3.05) is 66.3 Å². The maximum absolute atomic E-state index is 14.2. The molecule has 3 saturated heterocycles. The molecule has 0 bridgehead atoms. The Morgan fingerprint density at radius 2 is 1.65 bits per heavy atom. The van der Waals surface area contributed by atoms with Crippen molar-refractivity contribution in [2.24, 2.45) is 5.41 Å². The molecule has 1 aliphatic carbocycles. The molecule has 0 radical (unpaired) electrons. The van der Waals surface area contributed by atoms with Crippen molar-refractivity contribution in [3.8, 4) is 17.0 Å². The van der Waals surface area contributed by atoms with Crippen molar-refractivity contribution in [1.82, 2.24) is 34.6 Å². The molecule has 0 saturated carbocycles. The Kier molecular flexibility index (Phi) is 10.8. The number of rotatable bonds is 10. The quantitative estimate of drug-likeness (QED) is 0.148. The molecule has 18 nitrogen and oxygen atoms in total. The van der Waals surface area contributed by atoms with Gasteiger partial charge in [-0.1, -0.05) is 13.8 Å². The average Bonchev–Trinajstić information content (AvgIpc) is 3.96. The van der Waals surface area contributed by atoms with Crippen LogP contribution in [0.2, 0.25) is 0 Å². The Morgan fingerprint density at radius 1 is 0.845 bits per heavy atom. The zero-order chi connectivity index (χ0) is 52.0. The lowest BCUT2D eigenvalue weighted by molar-refractivity contribution is -0.136. The molecule has 1 unspecified atom stereocenters. The molecule has 71 heavy (non-hydrogen) atoms. The first kappa shape index (κ1) is 42.7. The van der Waals surface area contributed by atoms with Gasteiger partial charge in [-0.05, 0) is 111 Å². The number of anilines is 5. The average molecular weight is 965 g/mol. The first-order valence-electron chi connectivity index (χ1n) is 26.0. The third-order valence-electron chi connectivity index (χ3n) is 15.3. The number of piperazine rings is 1. The van der Waals surface area contributed by atoms with Gasteiger partial charge in [0.15, 0.2) is 0 Å². The van der Waals surface area contributed by atoms with Gasteiger partial charge in [0, 0.05) is 99.2 Å². The number of carbonyl (C=O) groups excluding carboxylic acids is 5. The number of benzene rings is 1. The summed E-state index contributed by atoms with van der Waals surface area (Å²) >= 11 is 0. The monoisotopic (exact) mass is 964 g/mol. The van der Waals surface area contributed by atoms with Crippen LogP contribution >= 0.6 is 0 Å². The van der Waals surface area contributed by atoms with E-state index in [1.807, 2.05) is 24.3 Å². The fourth-order valence-corrected chi connectivity index (χ4v) is 11.8. The van der Waals surface area contributed by atoms with E-state index in [0.717, 1.165) is 74.7 Å². The van der Waals surface area contributed by atoms with Gasteiger partial charge in [0.2, 0.25) is 17.7 Å². The predicted octanol–water partition coefficient (Wildman–Crippen LogP) is 5.51. The molecule has 5 aliphatic heterocycles. The summed E-state index contributed by atoms with van der Waals surface area (Å²) in [6.07, 6.45) is 7.66. The molecule has 9 heterocycles. The maximum atomic E-state index is 14.2. The van der Waals surface area contributed by atoms with E-state index in [2.05, 4.69) is 60.6 Å². The van der Waals surface area contributed by atoms with Crippen LogP contribution in [-0.2, 0) is 29.0 Å². The second-order valence-corrected chi connectivity index (χ2v) is 20.5. The van der Waals surface area contributed by atoms with Crippen LogP contribution in [0.3, 0.4) is 0 Å². The molecule has 5 amide bonds. The van der Waals surface area contributed by atoms with Crippen molar-refractivity contribution >= 4 is 58.2 Å². The van der Waals surface area contributed by atoms with Gasteiger partial charge in [-0.25, -0.2) is 15.0 Å². The van der Waals surface area contributed by atoms with Crippen molar-refractivity contribution < 1.29 is 37.9 Å². The van der Waals surface area contributed by atoms with Crippen LogP contribution in [0.5, 0.6) is 5.88 Å². The number of nitrogens with one attached hydrogen (secondary N) is 2. The minimum Gasteiger partial charge on any atom is -0.480 e. The molecule has 3 N–H and O–H groups in total. The summed E-state index contributed by atoms with van der Waals surface area (Å²) in [5.74, 6) is -1.64. The normalized spacial score (nSPS) is 22.7. The van der Waals surface area contributed by atoms with E-state index >= 15 is 0 Å². The van der Waals surface area contributed by atoms with Crippen LogP contribution in [0.15, 0.2) is 67.1 Å². The molecule has 3 atom stereocenters. The van der Waals surface area contributed by atoms with Gasteiger partial charge in [0.25, 0.3) is 17.7 Å². The third kappa shape index (κ3) is 8.25. The number of hydrogen-bond donors (Lipinski definition) is 3. The van der Waals surface area contributed by atoms with Crippen LogP contribution in [0.4, 0.5) is 28.7 Å². The Labute approximate surface area is 416 Å². The number of aliphatic hydroxyl groups excluding tert-OH is 1. The van der Waals surface area contributed by atoms with Gasteiger partial charge < -0.3 is 29.5 Å². The number of fused-ring (bicyclic) bond motifs is 4. The fraction of sp³-hybridized carbons (Fsp3) is 0.434. The fourth-order valence-electron chi connectivity index (χ4n) is 11.8. The summed E-state index contributed by atoms with van der Waals surface area (Å²) in [7, 11) is -2.80. The molecule has 6 aliphatic rings. The number of imide groups is 2. The SMILES string of the molecule is [2H]C([2H])([2H])Oc1ncc(-c2ccnc(N3CCn4c(cc5c4CC(C)(C)C5)C3=O)c2[C@H](C)O)cc1Nc1ccc(N2CCN(C3CCN(c4ccc5c(c4)C(=O)N(C4CCC(=O)NC4=O)C5=O)CC3)C[C@@H]2C)cn1. The van der Waals surface area contributed by atoms with Crippen LogP contribution in [0.25, 0.3) is 11.1 Å². The van der Waals surface area contributed by atoms with E-state index in [-0.39, 0.29) is 52.9 Å². The number of piperidine rings is 2. The van der Waals surface area contributed by atoms with Gasteiger partial charge in [-0.2, -0.15) is 0 Å². The standard InChI is InChI=1S/C53H59N11O7/c1-30-29-60(34-13-16-59(17-14-34)35-6-8-38-39(24-35)51(69)64(50(38)68)41-9-11-45(66)58-48(41)67)18-19-61(30)36-7-10-44(55-28-36)57-40-22-33(27-56-49(40)71-5)37-12-15-54-47(46(37)31(2)65)63-21-20-62-42(52(63)70)23-32-25-53(3,4)26-43(32)62/h6-8,10,12,15,22-24,27-28,30-31,34,41,65H,9,11,13-14,16-21,25-26,29H2,1-5H3,(H,55,57)(H,58,66,67)/t30-,31-,41?/m0/s1/i5D3. The van der Waals surface area contributed by atoms with Crippen molar-refractivity contribution in [3.63, 3.8) is 0 Å². The smallest absolute Gasteiger partial charge is 0.276 e. The van der Waals surface area contributed by atoms with E-state index < -0.39 is 42.8 Å². The highest BCUT2D eigenvalue weighted by molar-refractivity contribution is 6.23. The number of aromatic nitrogens is 4. The van der Waals surface area contributed by atoms with E-state index in [0.29, 0.717) is 53.2 Å². The molecule has 4 aromatic heterocycles. The number of hydrogen-bond acceptors (Lipinski definition) is 14. The van der Waals surface area contributed by atoms with Crippen molar-refractivity contribution in [2.45, 2.75) is 97.0 Å². The molecule has 0 spiro atoms. The second-order valence-electron chi connectivity index (χ2n) is 20.5. The van der Waals surface area contributed by atoms with Crippen molar-refractivity contribution in [3.05, 3.63) is 101 Å². The Bertz CT molecular complexity index is 3110. The molecular formula is C53H59N11O7. The van der Waals surface area contributed by atoms with Gasteiger partial charge >= 0.3 is 0 Å². The van der Waals surface area contributed by atoms with Gasteiger partial charge in [0.1, 0.15) is 29.1 Å². The summed E-state index contributed by atoms with van der Waals surface area (Å²) < 4.78 is 31.1. The highest BCUT2D eigenvalue weighted by Crippen LogP contribution is 2.42. The highest BCUT2D eigenvalue weighted by Gasteiger charge is 2.45. The number of carbonyl (C=O) groups is 5. The lowest BCUT2D eigenvalue weighted by atomic mass is 9.90. The predicted molar refractivity (Wildman–Crippen MR) is 266 cm³/mol. The van der Waals surface area contributed by atoms with Crippen LogP contribution in [0.1, 0.15) is 112 Å². The lowest BCUT2D eigenvalue weighted by Gasteiger charge is -2.46. The third-order valence-corrected chi connectivity index (χ3v) is 15.3. The number of amides is 5. The Hall–Kier alpha value is -7.18. The number of nitrogens with zero attached hydrogens (tertiary/aromatic N) is 9. The molecule has 1 aromatic carbocycles. The number of methoxy groups -OCH3 is 1. The second kappa shape index (κ2) is 17.9. The summed E-state index contributed by atoms with van der Waals surface area (Å²) in [6.45, 7) is 13.3. The first-order valence-corrected chi connectivity index (χ1v) is 24.5. The Morgan fingerprint density at radius 3 is 2.39 bits per heavy atom. The van der Waals surface area contributed by atoms with Gasteiger partial charge in [-0.15, -0.1) is 0 Å². The molecule has 368 valence electrons. The lowest BCUT2D eigenvalue weighted by Crippen LogP contribution is -2.57. The zero-order valence-electron chi connectivity index (χ0n) is 43.3. The van der Waals surface area contributed by atoms with E-state index in [9.17, 15) is 29.1 Å². The summed E-state index contributed by atoms with van der Waals surface area (Å²) in [5.41, 5.74) is 7.28. The zero-order valence-corrected chi connectivity index (χ0v) is 40.3. The topological polar surface area (TPSA) is 199 Å². The molecule has 3 fully saturated rings. The van der Waals surface area contributed by atoms with Crippen molar-refractivity contribution in [1.29, 1.82) is 0 Å². The van der Waals surface area contributed by atoms with Crippen LogP contribution in [0, 0.1) is 5.41 Å². The Balaban J connectivity index is 0.746. The number of aliphatic hydroxyl groups is 1. The summed E-state index contributed by atoms with van der Waals surface area (Å²) in [6, 6.07) is 14.1. The van der Waals surface area contributed by atoms with Crippen LogP contribution in [-0.4, -0.2) is 128 Å². The molecule has 5 aromatic rings. The highest BCUT2D eigenvalue weighted by atomic mass is 16.5. The minimum absolute atomic E-state index is 0.0677. The molecule has 18 heteroatoms.